The first-order valence-electron chi connectivity index (χ1n) is 6.60. The molecule has 0 aliphatic carbocycles. The number of piperidine rings is 1. The molecule has 2 heterocycles. The van der Waals surface area contributed by atoms with E-state index >= 15 is 0 Å². The van der Waals surface area contributed by atoms with E-state index in [-0.39, 0.29) is 5.91 Å². The highest BCUT2D eigenvalue weighted by Gasteiger charge is 2.31. The zero-order valence-corrected chi connectivity index (χ0v) is 12.3. The minimum absolute atomic E-state index is 0.151. The lowest BCUT2D eigenvalue weighted by molar-refractivity contribution is 0.0605. The van der Waals surface area contributed by atoms with Crippen LogP contribution < -0.4 is 5.73 Å². The van der Waals surface area contributed by atoms with Gasteiger partial charge in [-0.05, 0) is 31.2 Å². The van der Waals surface area contributed by atoms with Crippen LogP contribution in [0, 0.1) is 12.3 Å². The highest BCUT2D eigenvalue weighted by atomic mass is 32.1. The predicted octanol–water partition coefficient (Wildman–Crippen LogP) is 3.29. The number of rotatable bonds is 2. The Balaban J connectivity index is 2.04. The summed E-state index contributed by atoms with van der Waals surface area (Å²) in [6.45, 7) is 8.27. The highest BCUT2D eigenvalue weighted by Crippen LogP contribution is 2.35. The normalized spacial score (nSPS) is 18.9. The van der Waals surface area contributed by atoms with E-state index in [2.05, 4.69) is 13.8 Å². The van der Waals surface area contributed by atoms with E-state index in [4.69, 9.17) is 5.73 Å². The van der Waals surface area contributed by atoms with Gasteiger partial charge in [-0.1, -0.05) is 20.3 Å². The van der Waals surface area contributed by atoms with E-state index < -0.39 is 0 Å². The van der Waals surface area contributed by atoms with Gasteiger partial charge >= 0.3 is 0 Å². The fourth-order valence-electron chi connectivity index (χ4n) is 2.36. The van der Waals surface area contributed by atoms with Crippen LogP contribution in [-0.2, 0) is 0 Å². The van der Waals surface area contributed by atoms with Crippen LogP contribution in [0.2, 0.25) is 0 Å². The number of anilines is 1. The largest absolute Gasteiger partial charge is 0.398 e. The number of hydrogen-bond donors (Lipinski definition) is 1. The monoisotopic (exact) mass is 266 g/mol. The Bertz CT molecular complexity index is 425. The standard InChI is InChI=1S/C14H22N2OS/c1-4-14(3)5-7-16(8-6-14)13(17)12-9-11(15)10(2)18-12/h9H,4-8,15H2,1-3H3. The van der Waals surface area contributed by atoms with E-state index in [1.807, 2.05) is 17.9 Å². The number of carbonyl (C=O) groups is 1. The molecule has 1 fully saturated rings. The minimum atomic E-state index is 0.151. The first-order valence-corrected chi connectivity index (χ1v) is 7.42. The van der Waals surface area contributed by atoms with Crippen molar-refractivity contribution in [2.45, 2.75) is 40.0 Å². The van der Waals surface area contributed by atoms with Gasteiger partial charge in [0.15, 0.2) is 0 Å². The van der Waals surface area contributed by atoms with Gasteiger partial charge in [-0.15, -0.1) is 11.3 Å². The molecule has 1 aromatic rings. The molecule has 1 amide bonds. The average molecular weight is 266 g/mol. The van der Waals surface area contributed by atoms with Crippen molar-refractivity contribution in [3.8, 4) is 0 Å². The summed E-state index contributed by atoms with van der Waals surface area (Å²) in [5.74, 6) is 0.151. The Labute approximate surface area is 113 Å². The molecule has 100 valence electrons. The molecule has 3 nitrogen and oxygen atoms in total. The molecule has 4 heteroatoms. The van der Waals surface area contributed by atoms with Crippen molar-refractivity contribution in [1.29, 1.82) is 0 Å². The number of nitrogens with two attached hydrogens (primary N) is 1. The van der Waals surface area contributed by atoms with Gasteiger partial charge in [-0.3, -0.25) is 4.79 Å². The second-order valence-electron chi connectivity index (χ2n) is 5.58. The fourth-order valence-corrected chi connectivity index (χ4v) is 3.27. The van der Waals surface area contributed by atoms with Crippen LogP contribution in [0.4, 0.5) is 5.69 Å². The lowest BCUT2D eigenvalue weighted by Crippen LogP contribution is -2.41. The molecule has 0 saturated carbocycles. The van der Waals surface area contributed by atoms with Crippen LogP contribution in [-0.4, -0.2) is 23.9 Å². The first kappa shape index (κ1) is 13.4. The molecule has 0 atom stereocenters. The highest BCUT2D eigenvalue weighted by molar-refractivity contribution is 7.14. The van der Waals surface area contributed by atoms with Crippen molar-refractivity contribution >= 4 is 22.9 Å². The molecule has 1 aliphatic rings. The van der Waals surface area contributed by atoms with Crippen molar-refractivity contribution < 1.29 is 4.79 Å². The zero-order chi connectivity index (χ0) is 13.3. The molecule has 2 N–H and O–H groups in total. The maximum absolute atomic E-state index is 12.3. The van der Waals surface area contributed by atoms with E-state index in [9.17, 15) is 4.79 Å². The number of carbonyl (C=O) groups excluding carboxylic acids is 1. The van der Waals surface area contributed by atoms with Crippen LogP contribution in [0.25, 0.3) is 0 Å². The molecule has 0 unspecified atom stereocenters. The number of aryl methyl sites for hydroxylation is 1. The van der Waals surface area contributed by atoms with Crippen LogP contribution in [0.3, 0.4) is 0 Å². The number of nitrogens with zero attached hydrogens (tertiary/aromatic N) is 1. The molecule has 1 aliphatic heterocycles. The van der Waals surface area contributed by atoms with Crippen molar-refractivity contribution in [1.82, 2.24) is 4.90 Å². The number of amides is 1. The SMILES string of the molecule is CCC1(C)CCN(C(=O)c2cc(N)c(C)s2)CC1. The van der Waals surface area contributed by atoms with Gasteiger partial charge in [0.05, 0.1) is 4.88 Å². The summed E-state index contributed by atoms with van der Waals surface area (Å²) in [5, 5.41) is 0. The van der Waals surface area contributed by atoms with E-state index in [1.165, 1.54) is 17.8 Å². The maximum atomic E-state index is 12.3. The van der Waals surface area contributed by atoms with Crippen molar-refractivity contribution in [2.75, 3.05) is 18.8 Å². The summed E-state index contributed by atoms with van der Waals surface area (Å²) >= 11 is 1.51. The summed E-state index contributed by atoms with van der Waals surface area (Å²) in [5.41, 5.74) is 6.97. The molecule has 0 aromatic carbocycles. The maximum Gasteiger partial charge on any atom is 0.264 e. The van der Waals surface area contributed by atoms with Gasteiger partial charge in [0, 0.05) is 23.7 Å². The quantitative estimate of drug-likeness (QED) is 0.893. The third-order valence-electron chi connectivity index (χ3n) is 4.28. The molecule has 0 bridgehead atoms. The second-order valence-corrected chi connectivity index (χ2v) is 6.83. The van der Waals surface area contributed by atoms with Gasteiger partial charge in [0.1, 0.15) is 0 Å². The van der Waals surface area contributed by atoms with Gasteiger partial charge in [0.25, 0.3) is 5.91 Å². The van der Waals surface area contributed by atoms with Gasteiger partial charge in [-0.25, -0.2) is 0 Å². The third kappa shape index (κ3) is 2.53. The Morgan fingerprint density at radius 1 is 1.50 bits per heavy atom. The molecule has 2 rings (SSSR count). The van der Waals surface area contributed by atoms with Gasteiger partial charge in [-0.2, -0.15) is 0 Å². The summed E-state index contributed by atoms with van der Waals surface area (Å²) in [6, 6.07) is 1.82. The molecular formula is C14H22N2OS. The Hall–Kier alpha value is -1.03. The Morgan fingerprint density at radius 3 is 2.56 bits per heavy atom. The van der Waals surface area contributed by atoms with Crippen molar-refractivity contribution in [3.63, 3.8) is 0 Å². The predicted molar refractivity (Wildman–Crippen MR) is 77.0 cm³/mol. The lowest BCUT2D eigenvalue weighted by atomic mass is 9.78. The number of thiophene rings is 1. The smallest absolute Gasteiger partial charge is 0.264 e. The minimum Gasteiger partial charge on any atom is -0.398 e. The van der Waals surface area contributed by atoms with Crippen molar-refractivity contribution in [3.05, 3.63) is 15.8 Å². The van der Waals surface area contributed by atoms with E-state index in [0.29, 0.717) is 5.41 Å². The van der Waals surface area contributed by atoms with Crippen LogP contribution in [0.15, 0.2) is 6.07 Å². The van der Waals surface area contributed by atoms with Crippen LogP contribution in [0.1, 0.15) is 47.7 Å². The van der Waals surface area contributed by atoms with E-state index in [0.717, 1.165) is 41.4 Å². The third-order valence-corrected chi connectivity index (χ3v) is 5.33. The Morgan fingerprint density at radius 2 is 2.11 bits per heavy atom. The zero-order valence-electron chi connectivity index (χ0n) is 11.5. The van der Waals surface area contributed by atoms with Crippen LogP contribution in [0.5, 0.6) is 0 Å². The Kier molecular flexibility index (Phi) is 3.66. The van der Waals surface area contributed by atoms with Gasteiger partial charge in [0.2, 0.25) is 0 Å². The summed E-state index contributed by atoms with van der Waals surface area (Å²) in [4.78, 5) is 16.1. The summed E-state index contributed by atoms with van der Waals surface area (Å²) in [7, 11) is 0. The number of hydrogen-bond acceptors (Lipinski definition) is 3. The molecule has 18 heavy (non-hydrogen) atoms. The molecular weight excluding hydrogens is 244 g/mol. The average Bonchev–Trinajstić information content (AvgIpc) is 2.70. The molecule has 1 aromatic heterocycles. The molecule has 0 radical (unpaired) electrons. The summed E-state index contributed by atoms with van der Waals surface area (Å²) in [6.07, 6.45) is 3.41. The topological polar surface area (TPSA) is 46.3 Å². The fraction of sp³-hybridized carbons (Fsp3) is 0.643. The number of nitrogen functional groups attached to an aromatic ring is 1. The molecule has 1 saturated heterocycles. The lowest BCUT2D eigenvalue weighted by Gasteiger charge is -2.38. The first-order chi connectivity index (χ1) is 8.45. The van der Waals surface area contributed by atoms with Crippen molar-refractivity contribution in [2.24, 2.45) is 5.41 Å². The van der Waals surface area contributed by atoms with E-state index in [1.54, 1.807) is 0 Å². The molecule has 0 spiro atoms. The second kappa shape index (κ2) is 4.92. The van der Waals surface area contributed by atoms with Crippen LogP contribution >= 0.6 is 11.3 Å². The van der Waals surface area contributed by atoms with Gasteiger partial charge < -0.3 is 10.6 Å². The number of likely N-dealkylation sites (tertiary alicyclic amines) is 1. The summed E-state index contributed by atoms with van der Waals surface area (Å²) < 4.78 is 0.